The lowest BCUT2D eigenvalue weighted by atomic mass is 9.83. The zero-order chi connectivity index (χ0) is 21.1. The zero-order valence-electron chi connectivity index (χ0n) is 17.1. The van der Waals surface area contributed by atoms with Gasteiger partial charge >= 0.3 is 6.03 Å². The molecule has 2 aromatic carbocycles. The highest BCUT2D eigenvalue weighted by Crippen LogP contribution is 2.35. The summed E-state index contributed by atoms with van der Waals surface area (Å²) in [6.07, 6.45) is 2.26. The van der Waals surface area contributed by atoms with Crippen LogP contribution in [0.4, 0.5) is 4.79 Å². The highest BCUT2D eigenvalue weighted by Gasteiger charge is 2.54. The normalized spacial score (nSPS) is 23.2. The fourth-order valence-corrected chi connectivity index (χ4v) is 4.51. The van der Waals surface area contributed by atoms with E-state index >= 15 is 0 Å². The van der Waals surface area contributed by atoms with Crippen LogP contribution in [-0.4, -0.2) is 42.5 Å². The molecule has 0 radical (unpaired) electrons. The molecule has 2 heterocycles. The van der Waals surface area contributed by atoms with Crippen LogP contribution in [0, 0.1) is 5.92 Å². The highest BCUT2D eigenvalue weighted by atomic mass is 16.2. The van der Waals surface area contributed by atoms with Crippen molar-refractivity contribution >= 4 is 17.8 Å². The number of rotatable bonds is 5. The minimum absolute atomic E-state index is 0.241. The third kappa shape index (κ3) is 3.68. The standard InChI is InChI=1S/C23H26N4O3/c1-17-9-8-14-26(15-17)16-20(28)25-27-21(29)23(24-22(27)30,18-10-4-2-5-11-18)19-12-6-3-7-13-19/h2-7,10-13,17H,8-9,14-16H2,1H3,(H,24,30)(H,25,28)/p+1/t17-/m0/s1. The van der Waals surface area contributed by atoms with Gasteiger partial charge in [0.15, 0.2) is 12.1 Å². The van der Waals surface area contributed by atoms with Crippen molar-refractivity contribution in [3.05, 3.63) is 71.8 Å². The molecule has 4 rings (SSSR count). The van der Waals surface area contributed by atoms with Gasteiger partial charge in [0.1, 0.15) is 0 Å². The summed E-state index contributed by atoms with van der Waals surface area (Å²) < 4.78 is 0. The van der Waals surface area contributed by atoms with Gasteiger partial charge in [-0.25, -0.2) is 4.79 Å². The summed E-state index contributed by atoms with van der Waals surface area (Å²) in [7, 11) is 0. The van der Waals surface area contributed by atoms with Crippen molar-refractivity contribution in [3.8, 4) is 0 Å². The van der Waals surface area contributed by atoms with Crippen molar-refractivity contribution in [2.75, 3.05) is 19.6 Å². The monoisotopic (exact) mass is 407 g/mol. The first-order valence-corrected chi connectivity index (χ1v) is 10.4. The lowest BCUT2D eigenvalue weighted by Gasteiger charge is -2.28. The third-order valence-corrected chi connectivity index (χ3v) is 5.95. The number of carbonyl (C=O) groups is 3. The minimum Gasteiger partial charge on any atom is -0.327 e. The first kappa shape index (κ1) is 20.1. The van der Waals surface area contributed by atoms with Crippen LogP contribution in [0.1, 0.15) is 30.9 Å². The Hall–Kier alpha value is -3.19. The van der Waals surface area contributed by atoms with E-state index in [1.54, 1.807) is 24.3 Å². The van der Waals surface area contributed by atoms with Crippen LogP contribution < -0.4 is 15.6 Å². The molecule has 2 atom stereocenters. The Labute approximate surface area is 176 Å². The van der Waals surface area contributed by atoms with Gasteiger partial charge in [-0.15, -0.1) is 0 Å². The fourth-order valence-electron chi connectivity index (χ4n) is 4.51. The third-order valence-electron chi connectivity index (χ3n) is 5.95. The van der Waals surface area contributed by atoms with Gasteiger partial charge in [-0.1, -0.05) is 67.6 Å². The quantitative estimate of drug-likeness (QED) is 0.642. The van der Waals surface area contributed by atoms with E-state index in [1.807, 2.05) is 36.4 Å². The average Bonchev–Trinajstić information content (AvgIpc) is 3.00. The van der Waals surface area contributed by atoms with Crippen molar-refractivity contribution in [2.24, 2.45) is 5.92 Å². The molecule has 2 aliphatic rings. The van der Waals surface area contributed by atoms with E-state index in [4.69, 9.17) is 0 Å². The van der Waals surface area contributed by atoms with E-state index in [0.717, 1.165) is 24.5 Å². The number of hydrazine groups is 1. The average molecular weight is 407 g/mol. The second-order valence-electron chi connectivity index (χ2n) is 8.22. The Balaban J connectivity index is 1.59. The predicted molar refractivity (Wildman–Crippen MR) is 111 cm³/mol. The molecule has 3 N–H and O–H groups in total. The Morgan fingerprint density at radius 2 is 1.70 bits per heavy atom. The molecule has 2 fully saturated rings. The lowest BCUT2D eigenvalue weighted by Crippen LogP contribution is -3.14. The zero-order valence-corrected chi connectivity index (χ0v) is 17.1. The van der Waals surface area contributed by atoms with E-state index in [2.05, 4.69) is 17.7 Å². The molecule has 2 aromatic rings. The van der Waals surface area contributed by atoms with E-state index in [1.165, 1.54) is 11.3 Å². The number of amides is 4. The number of urea groups is 1. The van der Waals surface area contributed by atoms with Crippen molar-refractivity contribution in [1.82, 2.24) is 15.8 Å². The summed E-state index contributed by atoms with van der Waals surface area (Å²) in [6, 6.07) is 17.6. The van der Waals surface area contributed by atoms with Gasteiger partial charge in [0.25, 0.3) is 11.8 Å². The van der Waals surface area contributed by atoms with Crippen LogP contribution in [-0.2, 0) is 15.1 Å². The largest absolute Gasteiger partial charge is 0.344 e. The lowest BCUT2D eigenvalue weighted by molar-refractivity contribution is -0.900. The molecule has 1 unspecified atom stereocenters. The number of likely N-dealkylation sites (tertiary alicyclic amines) is 1. The summed E-state index contributed by atoms with van der Waals surface area (Å²) in [6.45, 7) is 4.27. The molecular formula is C23H27N4O3+. The Morgan fingerprint density at radius 3 is 2.27 bits per heavy atom. The number of nitrogens with one attached hydrogen (secondary N) is 3. The van der Waals surface area contributed by atoms with E-state index < -0.39 is 17.5 Å². The molecule has 0 aliphatic carbocycles. The molecule has 7 heteroatoms. The van der Waals surface area contributed by atoms with Gasteiger partial charge in [-0.3, -0.25) is 15.0 Å². The molecule has 156 valence electrons. The second-order valence-corrected chi connectivity index (χ2v) is 8.22. The van der Waals surface area contributed by atoms with E-state index in [-0.39, 0.29) is 12.5 Å². The first-order chi connectivity index (χ1) is 14.5. The van der Waals surface area contributed by atoms with Crippen LogP contribution in [0.5, 0.6) is 0 Å². The van der Waals surface area contributed by atoms with Crippen LogP contribution in [0.15, 0.2) is 60.7 Å². The summed E-state index contributed by atoms with van der Waals surface area (Å²) in [4.78, 5) is 40.2. The van der Waals surface area contributed by atoms with Crippen LogP contribution >= 0.6 is 0 Å². The highest BCUT2D eigenvalue weighted by molar-refractivity contribution is 6.10. The fraction of sp³-hybridized carbons (Fsp3) is 0.348. The summed E-state index contributed by atoms with van der Waals surface area (Å²) in [5.74, 6) is -0.276. The van der Waals surface area contributed by atoms with Crippen molar-refractivity contribution < 1.29 is 19.3 Å². The number of hydrogen-bond acceptors (Lipinski definition) is 3. The van der Waals surface area contributed by atoms with E-state index in [0.29, 0.717) is 17.0 Å². The number of benzene rings is 2. The molecule has 30 heavy (non-hydrogen) atoms. The number of hydrogen-bond donors (Lipinski definition) is 3. The van der Waals surface area contributed by atoms with Gasteiger partial charge in [0.2, 0.25) is 0 Å². The van der Waals surface area contributed by atoms with Crippen LogP contribution in [0.25, 0.3) is 0 Å². The minimum atomic E-state index is -1.38. The first-order valence-electron chi connectivity index (χ1n) is 10.4. The second kappa shape index (κ2) is 8.28. The molecule has 0 saturated carbocycles. The van der Waals surface area contributed by atoms with Crippen LogP contribution in [0.3, 0.4) is 0 Å². The maximum absolute atomic E-state index is 13.5. The molecule has 0 aromatic heterocycles. The van der Waals surface area contributed by atoms with Crippen LogP contribution in [0.2, 0.25) is 0 Å². The number of imide groups is 1. The topological polar surface area (TPSA) is 82.9 Å². The number of quaternary nitrogens is 1. The van der Waals surface area contributed by atoms with Crippen molar-refractivity contribution in [3.63, 3.8) is 0 Å². The molecule has 4 amide bonds. The van der Waals surface area contributed by atoms with Crippen molar-refractivity contribution in [2.45, 2.75) is 25.3 Å². The molecule has 0 spiro atoms. The summed E-state index contributed by atoms with van der Waals surface area (Å²) in [5.41, 5.74) is 2.45. The number of carbonyl (C=O) groups excluding carboxylic acids is 3. The smallest absolute Gasteiger partial charge is 0.327 e. The summed E-state index contributed by atoms with van der Waals surface area (Å²) >= 11 is 0. The Morgan fingerprint density at radius 1 is 1.10 bits per heavy atom. The predicted octanol–water partition coefficient (Wildman–Crippen LogP) is 0.828. The number of piperidine rings is 1. The van der Waals surface area contributed by atoms with Gasteiger partial charge in [0.05, 0.1) is 13.1 Å². The molecule has 2 aliphatic heterocycles. The molecule has 2 saturated heterocycles. The molecule has 0 bridgehead atoms. The number of nitrogens with zero attached hydrogens (tertiary/aromatic N) is 1. The molecular weight excluding hydrogens is 380 g/mol. The maximum atomic E-state index is 13.5. The molecule has 7 nitrogen and oxygen atoms in total. The van der Waals surface area contributed by atoms with E-state index in [9.17, 15) is 14.4 Å². The van der Waals surface area contributed by atoms with Gasteiger partial charge < -0.3 is 10.2 Å². The SMILES string of the molecule is C[C@H]1CCC[NH+](CC(=O)NN2C(=O)NC(c3ccccc3)(c3ccccc3)C2=O)C1. The van der Waals surface area contributed by atoms with Gasteiger partial charge in [-0.05, 0) is 24.0 Å². The van der Waals surface area contributed by atoms with Gasteiger partial charge in [0, 0.05) is 5.92 Å². The Bertz CT molecular complexity index is 892. The Kier molecular flexibility index (Phi) is 5.55. The maximum Gasteiger partial charge on any atom is 0.344 e. The van der Waals surface area contributed by atoms with Crippen molar-refractivity contribution in [1.29, 1.82) is 0 Å². The van der Waals surface area contributed by atoms with Gasteiger partial charge in [-0.2, -0.15) is 5.01 Å². The summed E-state index contributed by atoms with van der Waals surface area (Å²) in [5, 5.41) is 3.66.